The first kappa shape index (κ1) is 23.6. The third-order valence-electron chi connectivity index (χ3n) is 7.61. The van der Waals surface area contributed by atoms with Crippen molar-refractivity contribution < 1.29 is 9.90 Å². The van der Waals surface area contributed by atoms with Crippen LogP contribution in [0.15, 0.2) is 48.5 Å². The summed E-state index contributed by atoms with van der Waals surface area (Å²) in [6.45, 7) is 6.18. The number of piperidine rings is 1. The summed E-state index contributed by atoms with van der Waals surface area (Å²) in [6.07, 6.45) is 3.70. The normalized spacial score (nSPS) is 27.9. The highest BCUT2D eigenvalue weighted by Gasteiger charge is 2.54. The van der Waals surface area contributed by atoms with E-state index in [4.69, 9.17) is 23.2 Å². The minimum absolute atomic E-state index is 0.0721. The molecule has 0 aromatic heterocycles. The quantitative estimate of drug-likeness (QED) is 0.469. The van der Waals surface area contributed by atoms with Gasteiger partial charge in [-0.2, -0.15) is 0 Å². The maximum atomic E-state index is 14.1. The Morgan fingerprint density at radius 1 is 1.06 bits per heavy atom. The van der Waals surface area contributed by atoms with Crippen molar-refractivity contribution in [3.05, 3.63) is 69.7 Å². The average molecular weight is 474 g/mol. The lowest BCUT2D eigenvalue weighted by Crippen LogP contribution is -2.59. The molecule has 1 amide bonds. The molecule has 2 aliphatic rings. The highest BCUT2D eigenvalue weighted by atomic mass is 35.5. The maximum Gasteiger partial charge on any atom is 0.229 e. The summed E-state index contributed by atoms with van der Waals surface area (Å²) in [6, 6.07) is 15.5. The number of benzene rings is 2. The van der Waals surface area contributed by atoms with Gasteiger partial charge in [0.1, 0.15) is 0 Å². The molecule has 1 saturated heterocycles. The zero-order valence-corrected chi connectivity index (χ0v) is 20.6. The highest BCUT2D eigenvalue weighted by Crippen LogP contribution is 2.54. The SMILES string of the molecule is CC[C@@H](O)C(C1CC1)N1C(=O)[C@@](C)(CC)C[C@H](c2cccc(Cl)c2)C1c1ccc(Cl)cc1. The van der Waals surface area contributed by atoms with Crippen molar-refractivity contribution in [2.45, 2.75) is 77.0 Å². The van der Waals surface area contributed by atoms with E-state index in [0.717, 1.165) is 36.8 Å². The van der Waals surface area contributed by atoms with Crippen molar-refractivity contribution in [2.24, 2.45) is 11.3 Å². The van der Waals surface area contributed by atoms with Crippen molar-refractivity contribution in [3.8, 4) is 0 Å². The molecule has 0 radical (unpaired) electrons. The number of aliphatic hydroxyl groups excluding tert-OH is 1. The third-order valence-corrected chi connectivity index (χ3v) is 8.10. The topological polar surface area (TPSA) is 40.5 Å². The predicted molar refractivity (Wildman–Crippen MR) is 131 cm³/mol. The van der Waals surface area contributed by atoms with Gasteiger partial charge in [0.05, 0.1) is 18.2 Å². The van der Waals surface area contributed by atoms with Crippen LogP contribution in [0.2, 0.25) is 10.0 Å². The van der Waals surface area contributed by atoms with Gasteiger partial charge in [-0.3, -0.25) is 4.79 Å². The Bertz CT molecular complexity index is 958. The number of nitrogens with zero attached hydrogens (tertiary/aromatic N) is 1. The van der Waals surface area contributed by atoms with Gasteiger partial charge in [0.2, 0.25) is 5.91 Å². The first-order valence-corrected chi connectivity index (χ1v) is 12.6. The lowest BCUT2D eigenvalue weighted by Gasteiger charge is -2.53. The molecule has 0 bridgehead atoms. The van der Waals surface area contributed by atoms with Crippen molar-refractivity contribution in [3.63, 3.8) is 0 Å². The number of aliphatic hydroxyl groups is 1. The Labute approximate surface area is 201 Å². The van der Waals surface area contributed by atoms with Crippen molar-refractivity contribution in [1.82, 2.24) is 4.90 Å². The molecule has 1 aliphatic heterocycles. The van der Waals surface area contributed by atoms with E-state index in [1.807, 2.05) is 49.4 Å². The van der Waals surface area contributed by atoms with Crippen LogP contribution in [0.25, 0.3) is 0 Å². The van der Waals surface area contributed by atoms with Gasteiger partial charge >= 0.3 is 0 Å². The van der Waals surface area contributed by atoms with E-state index in [1.165, 1.54) is 0 Å². The molecule has 1 saturated carbocycles. The van der Waals surface area contributed by atoms with Crippen LogP contribution in [-0.4, -0.2) is 28.1 Å². The van der Waals surface area contributed by atoms with E-state index < -0.39 is 11.5 Å². The average Bonchev–Trinajstić information content (AvgIpc) is 3.62. The summed E-state index contributed by atoms with van der Waals surface area (Å²) in [7, 11) is 0. The molecular formula is C27H33Cl2NO2. The third kappa shape index (κ3) is 4.44. The molecular weight excluding hydrogens is 441 g/mol. The van der Waals surface area contributed by atoms with E-state index in [0.29, 0.717) is 22.4 Å². The van der Waals surface area contributed by atoms with Crippen molar-refractivity contribution in [1.29, 1.82) is 0 Å². The summed E-state index contributed by atoms with van der Waals surface area (Å²) < 4.78 is 0. The summed E-state index contributed by atoms with van der Waals surface area (Å²) >= 11 is 12.6. The molecule has 2 unspecified atom stereocenters. The first-order chi connectivity index (χ1) is 15.3. The molecule has 2 aromatic carbocycles. The molecule has 172 valence electrons. The Kier molecular flexibility index (Phi) is 6.91. The number of rotatable bonds is 7. The zero-order chi connectivity index (χ0) is 23.0. The minimum atomic E-state index is -0.541. The molecule has 2 fully saturated rings. The number of carbonyl (C=O) groups is 1. The standard InChI is InChI=1S/C27H33Cl2NO2/c1-4-23(31)25(18-9-10-18)30-24(17-11-13-20(28)14-12-17)22(16-27(3,5-2)26(30)32)19-7-6-8-21(29)15-19/h6-8,11-15,18,22-25,31H,4-5,9-10,16H2,1-3H3/t22-,23-,24?,25?,27+/m1/s1. The second-order valence-electron chi connectivity index (χ2n) is 9.79. The van der Waals surface area contributed by atoms with Gasteiger partial charge < -0.3 is 10.0 Å². The Hall–Kier alpha value is -1.55. The van der Waals surface area contributed by atoms with Crippen LogP contribution in [0.4, 0.5) is 0 Å². The van der Waals surface area contributed by atoms with Gasteiger partial charge in [0.25, 0.3) is 0 Å². The minimum Gasteiger partial charge on any atom is -0.391 e. The molecule has 0 spiro atoms. The largest absolute Gasteiger partial charge is 0.391 e. The number of halogens is 2. The van der Waals surface area contributed by atoms with E-state index in [-0.39, 0.29) is 23.9 Å². The van der Waals surface area contributed by atoms with E-state index >= 15 is 0 Å². The van der Waals surface area contributed by atoms with Gasteiger partial charge in [0.15, 0.2) is 0 Å². The lowest BCUT2D eigenvalue weighted by molar-refractivity contribution is -0.160. The molecule has 1 N–H and O–H groups in total. The van der Waals surface area contributed by atoms with Crippen LogP contribution < -0.4 is 0 Å². The van der Waals surface area contributed by atoms with Crippen molar-refractivity contribution in [2.75, 3.05) is 0 Å². The van der Waals surface area contributed by atoms with E-state index in [1.54, 1.807) is 0 Å². The molecule has 32 heavy (non-hydrogen) atoms. The molecule has 1 aliphatic carbocycles. The molecule has 1 heterocycles. The van der Waals surface area contributed by atoms with Gasteiger partial charge in [-0.25, -0.2) is 0 Å². The van der Waals surface area contributed by atoms with Crippen LogP contribution in [0.5, 0.6) is 0 Å². The number of carbonyl (C=O) groups excluding carboxylic acids is 1. The van der Waals surface area contributed by atoms with Gasteiger partial charge in [-0.05, 0) is 73.4 Å². The lowest BCUT2D eigenvalue weighted by atomic mass is 9.67. The first-order valence-electron chi connectivity index (χ1n) is 11.8. The van der Waals surface area contributed by atoms with Gasteiger partial charge in [-0.1, -0.05) is 68.2 Å². The summed E-state index contributed by atoms with van der Waals surface area (Å²) in [4.78, 5) is 16.2. The maximum absolute atomic E-state index is 14.1. The fraction of sp³-hybridized carbons (Fsp3) is 0.519. The molecule has 5 atom stereocenters. The fourth-order valence-corrected chi connectivity index (χ4v) is 5.75. The molecule has 4 rings (SSSR count). The van der Waals surface area contributed by atoms with E-state index in [2.05, 4.69) is 24.8 Å². The fourth-order valence-electron chi connectivity index (χ4n) is 5.43. The van der Waals surface area contributed by atoms with Crippen LogP contribution in [-0.2, 0) is 4.79 Å². The van der Waals surface area contributed by atoms with E-state index in [9.17, 15) is 9.90 Å². The summed E-state index contributed by atoms with van der Waals surface area (Å²) in [5, 5.41) is 12.5. The monoisotopic (exact) mass is 473 g/mol. The van der Waals surface area contributed by atoms with Gasteiger partial charge in [0, 0.05) is 21.4 Å². The zero-order valence-electron chi connectivity index (χ0n) is 19.1. The Morgan fingerprint density at radius 2 is 1.75 bits per heavy atom. The summed E-state index contributed by atoms with van der Waals surface area (Å²) in [5.74, 6) is 0.577. The van der Waals surface area contributed by atoms with Crippen LogP contribution in [0.1, 0.15) is 76.0 Å². The smallest absolute Gasteiger partial charge is 0.229 e. The van der Waals surface area contributed by atoms with Gasteiger partial charge in [-0.15, -0.1) is 0 Å². The summed E-state index contributed by atoms with van der Waals surface area (Å²) in [5.41, 5.74) is 1.70. The Morgan fingerprint density at radius 3 is 2.31 bits per heavy atom. The second kappa shape index (κ2) is 9.37. The van der Waals surface area contributed by atoms with Crippen LogP contribution in [0, 0.1) is 11.3 Å². The molecule has 2 aromatic rings. The second-order valence-corrected chi connectivity index (χ2v) is 10.7. The highest BCUT2D eigenvalue weighted by molar-refractivity contribution is 6.30. The number of hydrogen-bond acceptors (Lipinski definition) is 2. The van der Waals surface area contributed by atoms with Crippen LogP contribution in [0.3, 0.4) is 0 Å². The molecule has 5 heteroatoms. The number of hydrogen-bond donors (Lipinski definition) is 1. The number of amides is 1. The van der Waals surface area contributed by atoms with Crippen molar-refractivity contribution >= 4 is 29.1 Å². The predicted octanol–water partition coefficient (Wildman–Crippen LogP) is 7.02. The number of likely N-dealkylation sites (tertiary alicyclic amines) is 1. The Balaban J connectivity index is 1.91. The molecule has 3 nitrogen and oxygen atoms in total. The van der Waals surface area contributed by atoms with Crippen LogP contribution >= 0.6 is 23.2 Å².